The number of hydrogen-bond donors (Lipinski definition) is 1. The first-order valence-electron chi connectivity index (χ1n) is 4.99. The van der Waals surface area contributed by atoms with E-state index < -0.39 is 0 Å². The molecule has 4 nitrogen and oxygen atoms in total. The number of nitrogens with zero attached hydrogens (tertiary/aromatic N) is 2. The van der Waals surface area contributed by atoms with Gasteiger partial charge in [0.15, 0.2) is 0 Å². The van der Waals surface area contributed by atoms with E-state index in [1.165, 1.54) is 0 Å². The van der Waals surface area contributed by atoms with Crippen molar-refractivity contribution in [2.24, 2.45) is 0 Å². The average molecular weight is 215 g/mol. The van der Waals surface area contributed by atoms with Gasteiger partial charge in [-0.25, -0.2) is 4.98 Å². The Morgan fingerprint density at radius 1 is 1.19 bits per heavy atom. The molecule has 4 heteroatoms. The van der Waals surface area contributed by atoms with E-state index in [0.717, 1.165) is 11.3 Å². The molecule has 16 heavy (non-hydrogen) atoms. The Balaban J connectivity index is 2.31. The summed E-state index contributed by atoms with van der Waals surface area (Å²) >= 11 is 0. The average Bonchev–Trinajstić information content (AvgIpc) is 2.25. The van der Waals surface area contributed by atoms with Gasteiger partial charge in [-0.15, -0.1) is 0 Å². The number of nitrogen functional groups attached to an aromatic ring is 1. The van der Waals surface area contributed by atoms with Gasteiger partial charge < -0.3 is 10.5 Å². The van der Waals surface area contributed by atoms with Gasteiger partial charge in [-0.05, 0) is 26.0 Å². The first-order chi connectivity index (χ1) is 7.66. The van der Waals surface area contributed by atoms with Crippen molar-refractivity contribution in [2.75, 3.05) is 5.73 Å². The minimum Gasteiger partial charge on any atom is -0.439 e. The van der Waals surface area contributed by atoms with Gasteiger partial charge in [0.05, 0.1) is 0 Å². The highest BCUT2D eigenvalue weighted by atomic mass is 16.5. The Bertz CT molecular complexity index is 511. The van der Waals surface area contributed by atoms with Crippen molar-refractivity contribution in [1.29, 1.82) is 0 Å². The lowest BCUT2D eigenvalue weighted by Gasteiger charge is -2.09. The molecule has 0 aliphatic heterocycles. The fourth-order valence-corrected chi connectivity index (χ4v) is 1.35. The lowest BCUT2D eigenvalue weighted by Crippen LogP contribution is -1.96. The van der Waals surface area contributed by atoms with Crippen LogP contribution < -0.4 is 10.5 Å². The zero-order valence-electron chi connectivity index (χ0n) is 9.27. The van der Waals surface area contributed by atoms with Gasteiger partial charge in [-0.2, -0.15) is 4.98 Å². The highest BCUT2D eigenvalue weighted by molar-refractivity contribution is 5.53. The molecule has 1 aromatic carbocycles. The number of nitrogens with two attached hydrogens (primary N) is 1. The van der Waals surface area contributed by atoms with Crippen LogP contribution in [0.1, 0.15) is 11.4 Å². The smallest absolute Gasteiger partial charge is 0.222 e. The summed E-state index contributed by atoms with van der Waals surface area (Å²) < 4.78 is 5.64. The number of hydrogen-bond acceptors (Lipinski definition) is 4. The number of rotatable bonds is 2. The molecule has 0 bridgehead atoms. The van der Waals surface area contributed by atoms with Crippen LogP contribution in [0, 0.1) is 13.8 Å². The molecule has 0 saturated carbocycles. The van der Waals surface area contributed by atoms with Gasteiger partial charge in [0.2, 0.25) is 5.88 Å². The maximum Gasteiger partial charge on any atom is 0.222 e. The molecule has 0 unspecified atom stereocenters. The normalized spacial score (nSPS) is 10.1. The molecule has 0 atom stereocenters. The van der Waals surface area contributed by atoms with E-state index in [0.29, 0.717) is 17.4 Å². The van der Waals surface area contributed by atoms with Crippen LogP contribution >= 0.6 is 0 Å². The largest absolute Gasteiger partial charge is 0.439 e. The molecule has 0 saturated heterocycles. The summed E-state index contributed by atoms with van der Waals surface area (Å²) in [7, 11) is 0. The molecule has 0 aliphatic rings. The number of benzene rings is 1. The predicted octanol–water partition coefficient (Wildman–Crippen LogP) is 2.47. The van der Waals surface area contributed by atoms with Crippen molar-refractivity contribution in [3.63, 3.8) is 0 Å². The number of aromatic nitrogens is 2. The summed E-state index contributed by atoms with van der Waals surface area (Å²) in [6.07, 6.45) is 1.67. The predicted molar refractivity (Wildman–Crippen MR) is 62.4 cm³/mol. The third-order valence-corrected chi connectivity index (χ3v) is 2.29. The second kappa shape index (κ2) is 4.18. The summed E-state index contributed by atoms with van der Waals surface area (Å²) in [5.41, 5.74) is 7.42. The maximum absolute atomic E-state index is 5.79. The van der Waals surface area contributed by atoms with E-state index in [2.05, 4.69) is 9.97 Å². The zero-order chi connectivity index (χ0) is 11.5. The van der Waals surface area contributed by atoms with Crippen molar-refractivity contribution >= 4 is 5.69 Å². The Morgan fingerprint density at radius 3 is 2.75 bits per heavy atom. The summed E-state index contributed by atoms with van der Waals surface area (Å²) in [5.74, 6) is 1.93. The van der Waals surface area contributed by atoms with E-state index >= 15 is 0 Å². The van der Waals surface area contributed by atoms with Crippen molar-refractivity contribution in [1.82, 2.24) is 9.97 Å². The fourth-order valence-electron chi connectivity index (χ4n) is 1.35. The second-order valence-electron chi connectivity index (χ2n) is 3.51. The van der Waals surface area contributed by atoms with Crippen LogP contribution in [0.5, 0.6) is 11.6 Å². The van der Waals surface area contributed by atoms with Crippen LogP contribution in [0.4, 0.5) is 5.69 Å². The third-order valence-electron chi connectivity index (χ3n) is 2.29. The summed E-state index contributed by atoms with van der Waals surface area (Å²) in [5, 5.41) is 0. The zero-order valence-corrected chi connectivity index (χ0v) is 9.27. The molecule has 2 rings (SSSR count). The summed E-state index contributed by atoms with van der Waals surface area (Å²) in [6.45, 7) is 3.73. The van der Waals surface area contributed by atoms with Crippen molar-refractivity contribution < 1.29 is 4.74 Å². The molecular formula is C12H13N3O. The van der Waals surface area contributed by atoms with Crippen molar-refractivity contribution in [2.45, 2.75) is 13.8 Å². The Hall–Kier alpha value is -2.10. The lowest BCUT2D eigenvalue weighted by atomic mass is 10.2. The van der Waals surface area contributed by atoms with Crippen LogP contribution in [0.2, 0.25) is 0 Å². The molecule has 0 spiro atoms. The van der Waals surface area contributed by atoms with Gasteiger partial charge in [0, 0.05) is 23.5 Å². The Labute approximate surface area is 94.1 Å². The highest BCUT2D eigenvalue weighted by Crippen LogP contribution is 2.26. The summed E-state index contributed by atoms with van der Waals surface area (Å²) in [6, 6.07) is 7.28. The van der Waals surface area contributed by atoms with Crippen LogP contribution in [0.25, 0.3) is 0 Å². The molecule has 0 radical (unpaired) electrons. The van der Waals surface area contributed by atoms with Gasteiger partial charge in [-0.1, -0.05) is 6.07 Å². The Kier molecular flexibility index (Phi) is 2.72. The topological polar surface area (TPSA) is 61.0 Å². The summed E-state index contributed by atoms with van der Waals surface area (Å²) in [4.78, 5) is 8.17. The molecule has 1 heterocycles. The molecule has 1 aromatic heterocycles. The molecule has 2 N–H and O–H groups in total. The Morgan fingerprint density at radius 2 is 2.00 bits per heavy atom. The van der Waals surface area contributed by atoms with E-state index in [1.807, 2.05) is 32.0 Å². The standard InChI is InChI=1S/C12H13N3O/c1-8-10(13)4-3-5-11(8)16-12-6-7-14-9(2)15-12/h3-7H,13H2,1-2H3. The first-order valence-corrected chi connectivity index (χ1v) is 4.99. The molecule has 0 fully saturated rings. The van der Waals surface area contributed by atoms with Gasteiger partial charge in [0.25, 0.3) is 0 Å². The van der Waals surface area contributed by atoms with Gasteiger partial charge in [-0.3, -0.25) is 0 Å². The minimum absolute atomic E-state index is 0.529. The van der Waals surface area contributed by atoms with Crippen LogP contribution in [-0.4, -0.2) is 9.97 Å². The quantitative estimate of drug-likeness (QED) is 0.782. The number of ether oxygens (including phenoxy) is 1. The fraction of sp³-hybridized carbons (Fsp3) is 0.167. The number of aryl methyl sites for hydroxylation is 1. The molecule has 82 valence electrons. The SMILES string of the molecule is Cc1nccc(Oc2cccc(N)c2C)n1. The van der Waals surface area contributed by atoms with Crippen LogP contribution in [0.15, 0.2) is 30.5 Å². The van der Waals surface area contributed by atoms with Crippen LogP contribution in [-0.2, 0) is 0 Å². The van der Waals surface area contributed by atoms with Gasteiger partial charge >= 0.3 is 0 Å². The third kappa shape index (κ3) is 2.11. The molecular weight excluding hydrogens is 202 g/mol. The first kappa shape index (κ1) is 10.4. The lowest BCUT2D eigenvalue weighted by molar-refractivity contribution is 0.457. The highest BCUT2D eigenvalue weighted by Gasteiger charge is 2.04. The van der Waals surface area contributed by atoms with E-state index in [4.69, 9.17) is 10.5 Å². The molecule has 2 aromatic rings. The van der Waals surface area contributed by atoms with E-state index in [-0.39, 0.29) is 0 Å². The van der Waals surface area contributed by atoms with Crippen LogP contribution in [0.3, 0.4) is 0 Å². The van der Waals surface area contributed by atoms with Crippen molar-refractivity contribution in [3.05, 3.63) is 41.9 Å². The van der Waals surface area contributed by atoms with Crippen molar-refractivity contribution in [3.8, 4) is 11.6 Å². The molecule has 0 aliphatic carbocycles. The van der Waals surface area contributed by atoms with E-state index in [1.54, 1.807) is 12.3 Å². The second-order valence-corrected chi connectivity index (χ2v) is 3.51. The maximum atomic E-state index is 5.79. The van der Waals surface area contributed by atoms with Gasteiger partial charge in [0.1, 0.15) is 11.6 Å². The molecule has 0 amide bonds. The van der Waals surface area contributed by atoms with E-state index in [9.17, 15) is 0 Å². The monoisotopic (exact) mass is 215 g/mol. The number of anilines is 1. The minimum atomic E-state index is 0.529.